The molecule has 0 N–H and O–H groups in total. The van der Waals surface area contributed by atoms with Crippen LogP contribution in [0.3, 0.4) is 0 Å². The topological polar surface area (TPSA) is 45.0 Å². The Labute approximate surface area is 123 Å². The molecule has 0 radical (unpaired) electrons. The second kappa shape index (κ2) is 5.32. The highest BCUT2D eigenvalue weighted by atomic mass is 16.2. The van der Waals surface area contributed by atoms with Gasteiger partial charge < -0.3 is 0 Å². The van der Waals surface area contributed by atoms with Crippen molar-refractivity contribution in [2.24, 2.45) is 10.1 Å². The van der Waals surface area contributed by atoms with E-state index in [9.17, 15) is 4.79 Å². The van der Waals surface area contributed by atoms with E-state index >= 15 is 0 Å². The predicted molar refractivity (Wildman–Crippen MR) is 85.3 cm³/mol. The van der Waals surface area contributed by atoms with Gasteiger partial charge >= 0.3 is 0 Å². The van der Waals surface area contributed by atoms with E-state index in [0.717, 1.165) is 16.9 Å². The lowest BCUT2D eigenvalue weighted by Gasteiger charge is -2.10. The monoisotopic (exact) mass is 277 g/mol. The van der Waals surface area contributed by atoms with Crippen LogP contribution in [-0.2, 0) is 4.79 Å². The zero-order valence-corrected chi connectivity index (χ0v) is 11.9. The number of nitrogens with zero attached hydrogens (tertiary/aromatic N) is 3. The second-order valence-electron chi connectivity index (χ2n) is 4.93. The number of benzene rings is 2. The first kappa shape index (κ1) is 13.2. The summed E-state index contributed by atoms with van der Waals surface area (Å²) in [4.78, 5) is 16.9. The van der Waals surface area contributed by atoms with E-state index in [1.165, 1.54) is 5.01 Å². The molecule has 0 atom stereocenters. The number of aliphatic imine (C=N–C) groups is 1. The molecule has 0 fully saturated rings. The van der Waals surface area contributed by atoms with E-state index < -0.39 is 0 Å². The minimum absolute atomic E-state index is 0.195. The molecule has 4 nitrogen and oxygen atoms in total. The van der Waals surface area contributed by atoms with Crippen molar-refractivity contribution in [1.29, 1.82) is 0 Å². The number of amides is 1. The lowest BCUT2D eigenvalue weighted by atomic mass is 10.2. The minimum Gasteiger partial charge on any atom is -0.265 e. The molecule has 0 spiro atoms. The van der Waals surface area contributed by atoms with Crippen LogP contribution in [0.1, 0.15) is 12.5 Å². The number of carbonyl (C=O) groups is 1. The van der Waals surface area contributed by atoms with Crippen LogP contribution in [0.25, 0.3) is 0 Å². The molecular weight excluding hydrogens is 262 g/mol. The minimum atomic E-state index is -0.195. The first-order chi connectivity index (χ1) is 10.1. The van der Waals surface area contributed by atoms with Gasteiger partial charge in [-0.3, -0.25) is 4.79 Å². The van der Waals surface area contributed by atoms with Crippen LogP contribution in [0.4, 0.5) is 11.4 Å². The van der Waals surface area contributed by atoms with Crippen molar-refractivity contribution in [3.63, 3.8) is 0 Å². The van der Waals surface area contributed by atoms with Crippen LogP contribution in [0.2, 0.25) is 0 Å². The van der Waals surface area contributed by atoms with Gasteiger partial charge in [0.05, 0.1) is 17.1 Å². The zero-order valence-electron chi connectivity index (χ0n) is 11.9. The summed E-state index contributed by atoms with van der Waals surface area (Å²) in [5.41, 5.74) is 3.68. The Kier molecular flexibility index (Phi) is 3.36. The number of hydrogen-bond acceptors (Lipinski definition) is 3. The highest BCUT2D eigenvalue weighted by Gasteiger charge is 2.30. The molecule has 1 aliphatic rings. The molecule has 2 aromatic carbocycles. The van der Waals surface area contributed by atoms with Crippen LogP contribution in [0.15, 0.2) is 64.7 Å². The molecule has 4 heteroatoms. The number of anilines is 1. The molecule has 0 saturated carbocycles. The summed E-state index contributed by atoms with van der Waals surface area (Å²) in [6.45, 7) is 3.81. The van der Waals surface area contributed by atoms with Crippen LogP contribution in [0.5, 0.6) is 0 Å². The third kappa shape index (κ3) is 2.60. The zero-order chi connectivity index (χ0) is 14.8. The maximum absolute atomic E-state index is 12.5. The number of para-hydroxylation sites is 1. The Hall–Kier alpha value is -2.75. The van der Waals surface area contributed by atoms with Crippen molar-refractivity contribution in [3.05, 3.63) is 60.2 Å². The molecule has 2 aromatic rings. The number of hydrazone groups is 1. The SMILES string of the molecule is CC1=NN(c2ccccc2)C(=O)C1=Nc1ccc(C)cc1. The van der Waals surface area contributed by atoms with Gasteiger partial charge in [0.15, 0.2) is 5.71 Å². The normalized spacial score (nSPS) is 16.5. The van der Waals surface area contributed by atoms with Crippen molar-refractivity contribution in [2.45, 2.75) is 13.8 Å². The summed E-state index contributed by atoms with van der Waals surface area (Å²) in [5.74, 6) is -0.195. The molecule has 0 saturated heterocycles. The molecule has 1 aliphatic heterocycles. The van der Waals surface area contributed by atoms with Gasteiger partial charge in [0, 0.05) is 0 Å². The predicted octanol–water partition coefficient (Wildman–Crippen LogP) is 3.49. The summed E-state index contributed by atoms with van der Waals surface area (Å²) >= 11 is 0. The number of carbonyl (C=O) groups excluding carboxylic acids is 1. The molecule has 0 aromatic heterocycles. The molecule has 3 rings (SSSR count). The molecule has 104 valence electrons. The van der Waals surface area contributed by atoms with Gasteiger partial charge in [-0.25, -0.2) is 4.99 Å². The summed E-state index contributed by atoms with van der Waals surface area (Å²) in [6, 6.07) is 17.1. The summed E-state index contributed by atoms with van der Waals surface area (Å²) < 4.78 is 0. The average Bonchev–Trinajstić information content (AvgIpc) is 2.78. The number of rotatable bonds is 2. The van der Waals surface area contributed by atoms with Crippen LogP contribution in [0, 0.1) is 6.92 Å². The van der Waals surface area contributed by atoms with E-state index in [-0.39, 0.29) is 5.91 Å². The molecule has 0 bridgehead atoms. The molecular formula is C17H15N3O. The Morgan fingerprint density at radius 3 is 2.29 bits per heavy atom. The van der Waals surface area contributed by atoms with Crippen molar-refractivity contribution < 1.29 is 4.79 Å². The third-order valence-electron chi connectivity index (χ3n) is 3.26. The fourth-order valence-corrected chi connectivity index (χ4v) is 2.12. The second-order valence-corrected chi connectivity index (χ2v) is 4.93. The van der Waals surface area contributed by atoms with Crippen LogP contribution >= 0.6 is 0 Å². The molecule has 21 heavy (non-hydrogen) atoms. The molecule has 0 unspecified atom stereocenters. The fourth-order valence-electron chi connectivity index (χ4n) is 2.12. The van der Waals surface area contributed by atoms with E-state index in [1.54, 1.807) is 6.92 Å². The van der Waals surface area contributed by atoms with E-state index in [0.29, 0.717) is 11.4 Å². The largest absolute Gasteiger partial charge is 0.299 e. The quantitative estimate of drug-likeness (QED) is 0.828. The van der Waals surface area contributed by atoms with E-state index in [2.05, 4.69) is 10.1 Å². The van der Waals surface area contributed by atoms with Crippen molar-refractivity contribution >= 4 is 28.7 Å². The van der Waals surface area contributed by atoms with Crippen molar-refractivity contribution in [2.75, 3.05) is 5.01 Å². The third-order valence-corrected chi connectivity index (χ3v) is 3.26. The first-order valence-electron chi connectivity index (χ1n) is 6.75. The number of hydrogen-bond donors (Lipinski definition) is 0. The Morgan fingerprint density at radius 2 is 1.62 bits per heavy atom. The van der Waals surface area contributed by atoms with Gasteiger partial charge in [0.25, 0.3) is 5.91 Å². The highest BCUT2D eigenvalue weighted by molar-refractivity contribution is 6.71. The Balaban J connectivity index is 1.94. The number of aryl methyl sites for hydroxylation is 1. The van der Waals surface area contributed by atoms with Gasteiger partial charge in [-0.05, 0) is 38.1 Å². The Morgan fingerprint density at radius 1 is 0.952 bits per heavy atom. The van der Waals surface area contributed by atoms with Crippen molar-refractivity contribution in [3.8, 4) is 0 Å². The Bertz CT molecular complexity index is 730. The first-order valence-corrected chi connectivity index (χ1v) is 6.75. The molecule has 0 aliphatic carbocycles. The summed E-state index contributed by atoms with van der Waals surface area (Å²) in [5, 5.41) is 5.70. The van der Waals surface area contributed by atoms with Gasteiger partial charge in [0.1, 0.15) is 0 Å². The maximum atomic E-state index is 12.5. The van der Waals surface area contributed by atoms with E-state index in [1.807, 2.05) is 61.5 Å². The van der Waals surface area contributed by atoms with Gasteiger partial charge in [-0.2, -0.15) is 10.1 Å². The summed E-state index contributed by atoms with van der Waals surface area (Å²) in [6.07, 6.45) is 0. The van der Waals surface area contributed by atoms with Crippen LogP contribution < -0.4 is 5.01 Å². The van der Waals surface area contributed by atoms with Crippen LogP contribution in [-0.4, -0.2) is 17.3 Å². The van der Waals surface area contributed by atoms with E-state index in [4.69, 9.17) is 0 Å². The van der Waals surface area contributed by atoms with Gasteiger partial charge in [0.2, 0.25) is 0 Å². The summed E-state index contributed by atoms with van der Waals surface area (Å²) in [7, 11) is 0. The van der Waals surface area contributed by atoms with Crippen molar-refractivity contribution in [1.82, 2.24) is 0 Å². The lowest BCUT2D eigenvalue weighted by molar-refractivity contribution is -0.112. The molecule has 1 amide bonds. The van der Waals surface area contributed by atoms with Gasteiger partial charge in [-0.1, -0.05) is 35.9 Å². The van der Waals surface area contributed by atoms with Gasteiger partial charge in [-0.15, -0.1) is 0 Å². The average molecular weight is 277 g/mol. The smallest absolute Gasteiger partial charge is 0.265 e. The standard InChI is InChI=1S/C17H15N3O/c1-12-8-10-14(11-9-12)18-16-13(2)19-20(17(16)21)15-6-4-3-5-7-15/h3-11H,1-2H3. The highest BCUT2D eigenvalue weighted by Crippen LogP contribution is 2.21. The maximum Gasteiger partial charge on any atom is 0.299 e. The molecule has 1 heterocycles. The fraction of sp³-hybridized carbons (Fsp3) is 0.118. The lowest BCUT2D eigenvalue weighted by Crippen LogP contribution is -2.26.